The minimum atomic E-state index is -3.61. The summed E-state index contributed by atoms with van der Waals surface area (Å²) in [5.41, 5.74) is 2.28. The van der Waals surface area contributed by atoms with E-state index < -0.39 is 10.0 Å². The molecule has 0 saturated heterocycles. The Labute approximate surface area is 124 Å². The molecule has 1 aliphatic heterocycles. The second-order valence-corrected chi connectivity index (χ2v) is 6.77. The minimum Gasteiger partial charge on any atom is -0.491 e. The van der Waals surface area contributed by atoms with Gasteiger partial charge in [-0.1, -0.05) is 30.3 Å². The van der Waals surface area contributed by atoms with Gasteiger partial charge >= 0.3 is 0 Å². The van der Waals surface area contributed by atoms with Crippen molar-refractivity contribution in [1.29, 1.82) is 0 Å². The lowest BCUT2D eigenvalue weighted by Gasteiger charge is -2.21. The van der Waals surface area contributed by atoms with E-state index in [1.165, 1.54) is 0 Å². The third-order valence-electron chi connectivity index (χ3n) is 3.56. The highest BCUT2D eigenvalue weighted by molar-refractivity contribution is 7.92. The van der Waals surface area contributed by atoms with E-state index in [9.17, 15) is 8.42 Å². The molecular formula is C16H17NO3S. The zero-order valence-electron chi connectivity index (χ0n) is 11.8. The molecule has 1 heterocycles. The Morgan fingerprint density at radius 2 is 1.90 bits per heavy atom. The van der Waals surface area contributed by atoms with Gasteiger partial charge in [0.2, 0.25) is 0 Å². The summed E-state index contributed by atoms with van der Waals surface area (Å²) in [6.45, 7) is 2.40. The molecule has 21 heavy (non-hydrogen) atoms. The zero-order valence-corrected chi connectivity index (χ0v) is 12.6. The van der Waals surface area contributed by atoms with E-state index in [1.54, 1.807) is 31.2 Å². The summed E-state index contributed by atoms with van der Waals surface area (Å²) in [5.74, 6) is 0.654. The van der Waals surface area contributed by atoms with Gasteiger partial charge in [-0.25, -0.2) is 8.42 Å². The second kappa shape index (κ2) is 5.41. The van der Waals surface area contributed by atoms with E-state index in [1.807, 2.05) is 18.2 Å². The van der Waals surface area contributed by atoms with Crippen molar-refractivity contribution in [3.63, 3.8) is 0 Å². The molecule has 0 aliphatic carbocycles. The van der Waals surface area contributed by atoms with Gasteiger partial charge in [-0.15, -0.1) is 0 Å². The van der Waals surface area contributed by atoms with Gasteiger partial charge in [0.05, 0.1) is 17.2 Å². The molecule has 2 aromatic rings. The van der Waals surface area contributed by atoms with Crippen molar-refractivity contribution < 1.29 is 13.2 Å². The number of anilines is 1. The van der Waals surface area contributed by atoms with Crippen LogP contribution in [0.1, 0.15) is 17.5 Å². The number of sulfonamides is 1. The molecule has 5 heteroatoms. The first-order valence-electron chi connectivity index (χ1n) is 6.91. The first-order chi connectivity index (χ1) is 10.1. The molecule has 0 amide bonds. The standard InChI is InChI=1S/C16H17NO3S/c1-12-6-2-3-10-15(12)21(18,19)17-14-9-4-7-13-8-5-11-20-16(13)14/h2-4,6-7,9-10,17H,5,8,11H2,1H3. The molecule has 0 fully saturated rings. The van der Waals surface area contributed by atoms with Gasteiger partial charge in [0.25, 0.3) is 10.0 Å². The van der Waals surface area contributed by atoms with Crippen molar-refractivity contribution in [3.05, 3.63) is 53.6 Å². The van der Waals surface area contributed by atoms with Gasteiger partial charge in [0.15, 0.2) is 0 Å². The normalized spacial score (nSPS) is 14.1. The van der Waals surface area contributed by atoms with Gasteiger partial charge in [-0.05, 0) is 43.0 Å². The fourth-order valence-corrected chi connectivity index (χ4v) is 3.84. The third-order valence-corrected chi connectivity index (χ3v) is 5.09. The second-order valence-electron chi connectivity index (χ2n) is 5.12. The summed E-state index contributed by atoms with van der Waals surface area (Å²) in [5, 5.41) is 0. The molecule has 110 valence electrons. The first kappa shape index (κ1) is 13.9. The van der Waals surface area contributed by atoms with Crippen molar-refractivity contribution in [2.24, 2.45) is 0 Å². The largest absolute Gasteiger partial charge is 0.491 e. The predicted molar refractivity (Wildman–Crippen MR) is 82.2 cm³/mol. The van der Waals surface area contributed by atoms with Crippen molar-refractivity contribution in [3.8, 4) is 5.75 Å². The SMILES string of the molecule is Cc1ccccc1S(=O)(=O)Nc1cccc2c1OCCC2. The average Bonchev–Trinajstić information content (AvgIpc) is 2.47. The molecule has 4 nitrogen and oxygen atoms in total. The molecule has 0 saturated carbocycles. The Hall–Kier alpha value is -2.01. The zero-order chi connectivity index (χ0) is 14.9. The summed E-state index contributed by atoms with van der Waals surface area (Å²) in [6, 6.07) is 12.5. The lowest BCUT2D eigenvalue weighted by atomic mass is 10.1. The molecule has 2 aromatic carbocycles. The van der Waals surface area contributed by atoms with E-state index in [0.29, 0.717) is 22.9 Å². The Balaban J connectivity index is 1.99. The van der Waals surface area contributed by atoms with E-state index in [0.717, 1.165) is 24.0 Å². The van der Waals surface area contributed by atoms with Gasteiger partial charge in [-0.3, -0.25) is 4.72 Å². The average molecular weight is 303 g/mol. The molecule has 0 atom stereocenters. The first-order valence-corrected chi connectivity index (χ1v) is 8.39. The Morgan fingerprint density at radius 1 is 1.10 bits per heavy atom. The van der Waals surface area contributed by atoms with Crippen LogP contribution in [0.5, 0.6) is 5.75 Å². The van der Waals surface area contributed by atoms with Gasteiger partial charge in [-0.2, -0.15) is 0 Å². The van der Waals surface area contributed by atoms with Crippen molar-refractivity contribution in [2.45, 2.75) is 24.7 Å². The lowest BCUT2D eigenvalue weighted by molar-refractivity contribution is 0.290. The van der Waals surface area contributed by atoms with Crippen LogP contribution in [0.3, 0.4) is 0 Å². The van der Waals surface area contributed by atoms with Crippen LogP contribution in [0.25, 0.3) is 0 Å². The maximum absolute atomic E-state index is 12.5. The van der Waals surface area contributed by atoms with Crippen molar-refractivity contribution in [1.82, 2.24) is 0 Å². The van der Waals surface area contributed by atoms with Crippen molar-refractivity contribution in [2.75, 3.05) is 11.3 Å². The van der Waals surface area contributed by atoms with Crippen LogP contribution in [0.2, 0.25) is 0 Å². The van der Waals surface area contributed by atoms with E-state index in [2.05, 4.69) is 4.72 Å². The maximum Gasteiger partial charge on any atom is 0.262 e. The number of ether oxygens (including phenoxy) is 1. The van der Waals surface area contributed by atoms with Crippen LogP contribution in [0, 0.1) is 6.92 Å². The van der Waals surface area contributed by atoms with Crippen LogP contribution in [0.15, 0.2) is 47.4 Å². The smallest absolute Gasteiger partial charge is 0.262 e. The lowest BCUT2D eigenvalue weighted by Crippen LogP contribution is -2.17. The number of aryl methyl sites for hydroxylation is 2. The van der Waals surface area contributed by atoms with Crippen LogP contribution >= 0.6 is 0 Å². The molecule has 0 unspecified atom stereocenters. The molecule has 0 radical (unpaired) electrons. The predicted octanol–water partition coefficient (Wildman–Crippen LogP) is 3.12. The van der Waals surface area contributed by atoms with E-state index in [4.69, 9.17) is 4.74 Å². The number of hydrogen-bond acceptors (Lipinski definition) is 3. The fourth-order valence-electron chi connectivity index (χ4n) is 2.53. The third kappa shape index (κ3) is 2.74. The number of fused-ring (bicyclic) bond motifs is 1. The summed E-state index contributed by atoms with van der Waals surface area (Å²) < 4.78 is 33.4. The Kier molecular flexibility index (Phi) is 3.59. The molecule has 0 aromatic heterocycles. The highest BCUT2D eigenvalue weighted by atomic mass is 32.2. The van der Waals surface area contributed by atoms with Crippen LogP contribution in [0.4, 0.5) is 5.69 Å². The number of benzene rings is 2. The highest BCUT2D eigenvalue weighted by Crippen LogP contribution is 2.34. The molecule has 1 aliphatic rings. The Morgan fingerprint density at radius 3 is 2.71 bits per heavy atom. The van der Waals surface area contributed by atoms with Crippen LogP contribution in [-0.4, -0.2) is 15.0 Å². The summed E-state index contributed by atoms with van der Waals surface area (Å²) in [4.78, 5) is 0.290. The van der Waals surface area contributed by atoms with Crippen molar-refractivity contribution >= 4 is 15.7 Å². The highest BCUT2D eigenvalue weighted by Gasteiger charge is 2.21. The Bertz CT molecular complexity index is 769. The summed E-state index contributed by atoms with van der Waals surface area (Å²) >= 11 is 0. The number of nitrogens with one attached hydrogen (secondary N) is 1. The van der Waals surface area contributed by atoms with E-state index in [-0.39, 0.29) is 0 Å². The van der Waals surface area contributed by atoms with E-state index >= 15 is 0 Å². The topological polar surface area (TPSA) is 55.4 Å². The number of rotatable bonds is 3. The quantitative estimate of drug-likeness (QED) is 0.948. The summed E-state index contributed by atoms with van der Waals surface area (Å²) in [6.07, 6.45) is 1.87. The summed E-state index contributed by atoms with van der Waals surface area (Å²) in [7, 11) is -3.61. The number of para-hydroxylation sites is 1. The number of hydrogen-bond donors (Lipinski definition) is 1. The molecule has 0 spiro atoms. The monoisotopic (exact) mass is 303 g/mol. The minimum absolute atomic E-state index is 0.290. The molecule has 0 bridgehead atoms. The molecule has 3 rings (SSSR count). The maximum atomic E-state index is 12.5. The fraction of sp³-hybridized carbons (Fsp3) is 0.250. The van der Waals surface area contributed by atoms with Gasteiger partial charge < -0.3 is 4.74 Å². The van der Waals surface area contributed by atoms with Gasteiger partial charge in [0, 0.05) is 0 Å². The van der Waals surface area contributed by atoms with Crippen LogP contribution in [-0.2, 0) is 16.4 Å². The van der Waals surface area contributed by atoms with Gasteiger partial charge in [0.1, 0.15) is 5.75 Å². The van der Waals surface area contributed by atoms with Crippen LogP contribution < -0.4 is 9.46 Å². The molecular weight excluding hydrogens is 286 g/mol. The molecule has 1 N–H and O–H groups in total.